The van der Waals surface area contributed by atoms with Crippen molar-refractivity contribution in [2.45, 2.75) is 19.4 Å². The van der Waals surface area contributed by atoms with E-state index in [1.165, 1.54) is 0 Å². The lowest BCUT2D eigenvalue weighted by Crippen LogP contribution is -2.40. The Hall–Kier alpha value is -3.35. The second-order valence-corrected chi connectivity index (χ2v) is 7.08. The van der Waals surface area contributed by atoms with E-state index in [1.54, 1.807) is 7.11 Å². The fraction of sp³-hybridized carbons (Fsp3) is 0.318. The Morgan fingerprint density at radius 1 is 1.10 bits per heavy atom. The van der Waals surface area contributed by atoms with E-state index in [9.17, 15) is 4.79 Å². The number of hydrogen-bond acceptors (Lipinski definition) is 6. The average Bonchev–Trinajstić information content (AvgIpc) is 3.29. The zero-order valence-electron chi connectivity index (χ0n) is 16.4. The average molecular weight is 392 g/mol. The number of rotatable bonds is 6. The molecule has 1 aliphatic heterocycles. The van der Waals surface area contributed by atoms with Crippen LogP contribution < -0.4 is 15.0 Å². The molecule has 0 aliphatic carbocycles. The number of aromatic nitrogens is 2. The van der Waals surface area contributed by atoms with Crippen LogP contribution in [0.15, 0.2) is 59.0 Å². The van der Waals surface area contributed by atoms with Crippen LogP contribution in [-0.2, 0) is 11.3 Å². The maximum Gasteiger partial charge on any atom is 0.318 e. The highest BCUT2D eigenvalue weighted by molar-refractivity contribution is 5.78. The molecule has 0 bridgehead atoms. The van der Waals surface area contributed by atoms with Crippen LogP contribution >= 0.6 is 0 Å². The molecule has 0 radical (unpaired) electrons. The first-order valence-electron chi connectivity index (χ1n) is 9.77. The van der Waals surface area contributed by atoms with Crippen LogP contribution in [0.25, 0.3) is 11.5 Å². The molecule has 0 unspecified atom stereocenters. The molecule has 1 amide bonds. The molecule has 7 heteroatoms. The van der Waals surface area contributed by atoms with Crippen LogP contribution in [0, 0.1) is 5.92 Å². The van der Waals surface area contributed by atoms with E-state index in [4.69, 9.17) is 9.15 Å². The molecular weight excluding hydrogens is 368 g/mol. The minimum Gasteiger partial charge on any atom is -0.497 e. The first kappa shape index (κ1) is 19.0. The highest BCUT2D eigenvalue weighted by Crippen LogP contribution is 2.26. The van der Waals surface area contributed by atoms with Crippen molar-refractivity contribution in [2.75, 3.05) is 25.1 Å². The molecule has 1 N–H and O–H groups in total. The van der Waals surface area contributed by atoms with Crippen molar-refractivity contribution in [1.82, 2.24) is 15.5 Å². The van der Waals surface area contributed by atoms with Crippen LogP contribution in [-0.4, -0.2) is 36.3 Å². The summed E-state index contributed by atoms with van der Waals surface area (Å²) in [6, 6.07) is 17.9. The quantitative estimate of drug-likeness (QED) is 0.693. The van der Waals surface area contributed by atoms with Gasteiger partial charge in [0.25, 0.3) is 0 Å². The smallest absolute Gasteiger partial charge is 0.318 e. The molecule has 0 saturated carbocycles. The summed E-state index contributed by atoms with van der Waals surface area (Å²) in [5.41, 5.74) is 1.95. The van der Waals surface area contributed by atoms with Crippen molar-refractivity contribution in [3.63, 3.8) is 0 Å². The summed E-state index contributed by atoms with van der Waals surface area (Å²) in [7, 11) is 1.64. The van der Waals surface area contributed by atoms with Crippen molar-refractivity contribution in [3.05, 3.63) is 60.2 Å². The Labute approximate surface area is 169 Å². The Bertz CT molecular complexity index is 932. The molecular formula is C22H24N4O3. The molecule has 4 rings (SSSR count). The molecule has 150 valence electrons. The van der Waals surface area contributed by atoms with E-state index in [0.717, 1.165) is 42.8 Å². The topological polar surface area (TPSA) is 80.5 Å². The predicted octanol–water partition coefficient (Wildman–Crippen LogP) is 3.28. The van der Waals surface area contributed by atoms with E-state index in [1.807, 2.05) is 59.5 Å². The third-order valence-corrected chi connectivity index (χ3v) is 5.20. The maximum atomic E-state index is 12.5. The predicted molar refractivity (Wildman–Crippen MR) is 110 cm³/mol. The van der Waals surface area contributed by atoms with Crippen molar-refractivity contribution in [2.24, 2.45) is 5.92 Å². The van der Waals surface area contributed by atoms with Gasteiger partial charge in [0.05, 0.1) is 7.11 Å². The lowest BCUT2D eigenvalue weighted by Gasteiger charge is -2.29. The number of ether oxygens (including phenoxy) is 1. The summed E-state index contributed by atoms with van der Waals surface area (Å²) in [4.78, 5) is 14.6. The second kappa shape index (κ2) is 8.77. The van der Waals surface area contributed by atoms with E-state index in [0.29, 0.717) is 18.5 Å². The summed E-state index contributed by atoms with van der Waals surface area (Å²) in [5.74, 6) is 1.42. The van der Waals surface area contributed by atoms with Gasteiger partial charge in [0.1, 0.15) is 5.75 Å². The maximum absolute atomic E-state index is 12.5. The molecule has 29 heavy (non-hydrogen) atoms. The third-order valence-electron chi connectivity index (χ3n) is 5.20. The van der Waals surface area contributed by atoms with E-state index >= 15 is 0 Å². The monoisotopic (exact) mass is 392 g/mol. The van der Waals surface area contributed by atoms with E-state index < -0.39 is 0 Å². The number of anilines is 1. The standard InChI is InChI=1S/C22H24N4O3/c1-28-19-9-7-16(8-10-19)15-23-20(27)17-11-13-26(14-12-17)22-25-24-21(29-22)18-5-3-2-4-6-18/h2-10,17H,11-15H2,1H3,(H,23,27). The van der Waals surface area contributed by atoms with E-state index in [-0.39, 0.29) is 11.8 Å². The van der Waals surface area contributed by atoms with Crippen molar-refractivity contribution in [3.8, 4) is 17.2 Å². The molecule has 7 nitrogen and oxygen atoms in total. The van der Waals surface area contributed by atoms with Gasteiger partial charge in [-0.1, -0.05) is 35.4 Å². The fourth-order valence-corrected chi connectivity index (χ4v) is 3.45. The van der Waals surface area contributed by atoms with Gasteiger partial charge in [0.15, 0.2) is 0 Å². The highest BCUT2D eigenvalue weighted by atomic mass is 16.5. The zero-order chi connectivity index (χ0) is 20.1. The number of methoxy groups -OCH3 is 1. The van der Waals surface area contributed by atoms with Crippen LogP contribution in [0.1, 0.15) is 18.4 Å². The molecule has 0 spiro atoms. The van der Waals surface area contributed by atoms with Crippen LogP contribution in [0.3, 0.4) is 0 Å². The van der Waals surface area contributed by atoms with Gasteiger partial charge in [0, 0.05) is 31.1 Å². The van der Waals surface area contributed by atoms with Gasteiger partial charge in [-0.25, -0.2) is 0 Å². The summed E-state index contributed by atoms with van der Waals surface area (Å²) < 4.78 is 11.0. The number of nitrogens with zero attached hydrogens (tertiary/aromatic N) is 3. The van der Waals surface area contributed by atoms with Gasteiger partial charge in [0.2, 0.25) is 11.8 Å². The molecule has 1 fully saturated rings. The summed E-state index contributed by atoms with van der Waals surface area (Å²) in [6.45, 7) is 1.96. The lowest BCUT2D eigenvalue weighted by molar-refractivity contribution is -0.125. The van der Waals surface area contributed by atoms with Crippen LogP contribution in [0.2, 0.25) is 0 Å². The normalized spacial score (nSPS) is 14.6. The first-order chi connectivity index (χ1) is 14.2. The number of piperidine rings is 1. The SMILES string of the molecule is COc1ccc(CNC(=O)C2CCN(c3nnc(-c4ccccc4)o3)CC2)cc1. The molecule has 0 atom stereocenters. The zero-order valence-corrected chi connectivity index (χ0v) is 16.4. The number of amides is 1. The number of nitrogens with one attached hydrogen (secondary N) is 1. The summed E-state index contributed by atoms with van der Waals surface area (Å²) in [6.07, 6.45) is 1.52. The number of hydrogen-bond donors (Lipinski definition) is 1. The Kier molecular flexibility index (Phi) is 5.74. The van der Waals surface area contributed by atoms with Gasteiger partial charge >= 0.3 is 6.01 Å². The molecule has 1 aromatic heterocycles. The Balaban J connectivity index is 1.27. The van der Waals surface area contributed by atoms with Crippen molar-refractivity contribution >= 4 is 11.9 Å². The van der Waals surface area contributed by atoms with Gasteiger partial charge in [-0.3, -0.25) is 4.79 Å². The Morgan fingerprint density at radius 3 is 2.52 bits per heavy atom. The fourth-order valence-electron chi connectivity index (χ4n) is 3.45. The number of carbonyl (C=O) groups is 1. The second-order valence-electron chi connectivity index (χ2n) is 7.08. The van der Waals surface area contributed by atoms with Gasteiger partial charge in [-0.15, -0.1) is 5.10 Å². The van der Waals surface area contributed by atoms with Crippen LogP contribution in [0.5, 0.6) is 5.75 Å². The summed E-state index contributed by atoms with van der Waals surface area (Å²) >= 11 is 0. The van der Waals surface area contributed by atoms with Crippen LogP contribution in [0.4, 0.5) is 6.01 Å². The van der Waals surface area contributed by atoms with E-state index in [2.05, 4.69) is 15.5 Å². The molecule has 2 aromatic carbocycles. The molecule has 1 saturated heterocycles. The minimum atomic E-state index is 0.000938. The minimum absolute atomic E-state index is 0.000938. The summed E-state index contributed by atoms with van der Waals surface area (Å²) in [5, 5.41) is 11.4. The van der Waals surface area contributed by atoms with Crippen molar-refractivity contribution in [1.29, 1.82) is 0 Å². The highest BCUT2D eigenvalue weighted by Gasteiger charge is 2.27. The molecule has 3 aromatic rings. The van der Waals surface area contributed by atoms with Crippen molar-refractivity contribution < 1.29 is 13.9 Å². The first-order valence-corrected chi connectivity index (χ1v) is 9.77. The molecule has 2 heterocycles. The van der Waals surface area contributed by atoms with Gasteiger partial charge in [-0.2, -0.15) is 0 Å². The number of benzene rings is 2. The number of carbonyl (C=O) groups excluding carboxylic acids is 1. The third kappa shape index (κ3) is 4.56. The lowest BCUT2D eigenvalue weighted by atomic mass is 9.96. The molecule has 1 aliphatic rings. The van der Waals surface area contributed by atoms with Gasteiger partial charge in [-0.05, 0) is 42.7 Å². The Morgan fingerprint density at radius 2 is 1.83 bits per heavy atom. The largest absolute Gasteiger partial charge is 0.497 e. The van der Waals surface area contributed by atoms with Gasteiger partial charge < -0.3 is 19.4 Å².